The standard InChI is InChI=1S/C14H21N3O3/c1-14(2)10(11(14)13(19)20)12(18)16-5-3-4-7-17-8-6-15-9-17/h6,8-11H,3-5,7H2,1-2H3,(H,16,18)(H,19,20). The summed E-state index contributed by atoms with van der Waals surface area (Å²) in [6.07, 6.45) is 7.23. The van der Waals surface area contributed by atoms with Crippen molar-refractivity contribution in [3.8, 4) is 0 Å². The fraction of sp³-hybridized carbons (Fsp3) is 0.643. The molecule has 0 aromatic carbocycles. The van der Waals surface area contributed by atoms with Crippen LogP contribution in [0.2, 0.25) is 0 Å². The van der Waals surface area contributed by atoms with E-state index in [0.29, 0.717) is 6.54 Å². The smallest absolute Gasteiger partial charge is 0.307 e. The second-order valence-electron chi connectivity index (χ2n) is 5.91. The molecular formula is C14H21N3O3. The highest BCUT2D eigenvalue weighted by Crippen LogP contribution is 2.58. The van der Waals surface area contributed by atoms with Gasteiger partial charge in [0.1, 0.15) is 0 Å². The molecule has 0 bridgehead atoms. The topological polar surface area (TPSA) is 84.2 Å². The first kappa shape index (κ1) is 14.6. The molecule has 1 aromatic heterocycles. The monoisotopic (exact) mass is 279 g/mol. The Kier molecular flexibility index (Phi) is 4.11. The molecule has 2 atom stereocenters. The van der Waals surface area contributed by atoms with Gasteiger partial charge in [-0.25, -0.2) is 4.98 Å². The third kappa shape index (κ3) is 3.00. The molecule has 2 unspecified atom stereocenters. The van der Waals surface area contributed by atoms with E-state index >= 15 is 0 Å². The number of nitrogens with zero attached hydrogens (tertiary/aromatic N) is 2. The summed E-state index contributed by atoms with van der Waals surface area (Å²) in [6, 6.07) is 0. The van der Waals surface area contributed by atoms with Crippen LogP contribution in [0.3, 0.4) is 0 Å². The van der Waals surface area contributed by atoms with Gasteiger partial charge in [0.2, 0.25) is 5.91 Å². The van der Waals surface area contributed by atoms with Crippen LogP contribution in [0.4, 0.5) is 0 Å². The average molecular weight is 279 g/mol. The Balaban J connectivity index is 1.65. The molecule has 1 heterocycles. The minimum Gasteiger partial charge on any atom is -0.481 e. The first-order chi connectivity index (χ1) is 9.44. The SMILES string of the molecule is CC1(C)C(C(=O)O)C1C(=O)NCCCCn1ccnc1. The predicted molar refractivity (Wildman–Crippen MR) is 72.9 cm³/mol. The second kappa shape index (κ2) is 5.64. The highest BCUT2D eigenvalue weighted by molar-refractivity contribution is 5.91. The Morgan fingerprint density at radius 1 is 1.35 bits per heavy atom. The van der Waals surface area contributed by atoms with E-state index in [0.717, 1.165) is 19.4 Å². The molecule has 1 fully saturated rings. The highest BCUT2D eigenvalue weighted by Gasteiger charge is 2.65. The maximum absolute atomic E-state index is 11.9. The zero-order chi connectivity index (χ0) is 14.8. The van der Waals surface area contributed by atoms with E-state index in [2.05, 4.69) is 10.3 Å². The van der Waals surface area contributed by atoms with Gasteiger partial charge in [0, 0.05) is 25.5 Å². The van der Waals surface area contributed by atoms with Gasteiger partial charge in [0.15, 0.2) is 0 Å². The molecule has 1 aliphatic rings. The molecule has 1 aliphatic carbocycles. The number of amides is 1. The van der Waals surface area contributed by atoms with Crippen molar-refractivity contribution in [2.45, 2.75) is 33.2 Å². The lowest BCUT2D eigenvalue weighted by atomic mass is 10.1. The van der Waals surface area contributed by atoms with Crippen LogP contribution in [-0.2, 0) is 16.1 Å². The Labute approximate surface area is 118 Å². The molecule has 2 rings (SSSR count). The van der Waals surface area contributed by atoms with Crippen molar-refractivity contribution in [3.05, 3.63) is 18.7 Å². The summed E-state index contributed by atoms with van der Waals surface area (Å²) >= 11 is 0. The summed E-state index contributed by atoms with van der Waals surface area (Å²) in [5.41, 5.74) is -0.424. The van der Waals surface area contributed by atoms with E-state index < -0.39 is 23.2 Å². The number of carboxylic acid groups (broad SMARTS) is 1. The maximum atomic E-state index is 11.9. The average Bonchev–Trinajstić information content (AvgIpc) is 2.75. The zero-order valence-corrected chi connectivity index (χ0v) is 11.9. The van der Waals surface area contributed by atoms with E-state index in [4.69, 9.17) is 5.11 Å². The fourth-order valence-electron chi connectivity index (χ4n) is 2.75. The Morgan fingerprint density at radius 3 is 2.65 bits per heavy atom. The number of aromatic nitrogens is 2. The number of carboxylic acids is 1. The van der Waals surface area contributed by atoms with Crippen LogP contribution in [0.25, 0.3) is 0 Å². The normalized spacial score (nSPS) is 23.3. The van der Waals surface area contributed by atoms with Gasteiger partial charge in [-0.05, 0) is 18.3 Å². The van der Waals surface area contributed by atoms with Crippen molar-refractivity contribution < 1.29 is 14.7 Å². The number of aliphatic carboxylic acids is 1. The van der Waals surface area contributed by atoms with Crippen LogP contribution < -0.4 is 5.32 Å². The number of carbonyl (C=O) groups is 2. The Hall–Kier alpha value is -1.85. The number of carbonyl (C=O) groups excluding carboxylic acids is 1. The lowest BCUT2D eigenvalue weighted by Gasteiger charge is -2.06. The van der Waals surface area contributed by atoms with E-state index in [1.54, 1.807) is 12.5 Å². The van der Waals surface area contributed by atoms with Gasteiger partial charge < -0.3 is 15.0 Å². The number of imidazole rings is 1. The van der Waals surface area contributed by atoms with Gasteiger partial charge in [0.05, 0.1) is 18.2 Å². The molecule has 1 aromatic rings. The van der Waals surface area contributed by atoms with Crippen molar-refractivity contribution in [2.75, 3.05) is 6.54 Å². The molecule has 6 nitrogen and oxygen atoms in total. The molecule has 1 saturated carbocycles. The van der Waals surface area contributed by atoms with Gasteiger partial charge >= 0.3 is 5.97 Å². The van der Waals surface area contributed by atoms with Crippen molar-refractivity contribution >= 4 is 11.9 Å². The van der Waals surface area contributed by atoms with Crippen LogP contribution in [0.1, 0.15) is 26.7 Å². The van der Waals surface area contributed by atoms with Crippen LogP contribution in [-0.4, -0.2) is 33.1 Å². The molecule has 0 saturated heterocycles. The number of unbranched alkanes of at least 4 members (excludes halogenated alkanes) is 1. The highest BCUT2D eigenvalue weighted by atomic mass is 16.4. The number of rotatable bonds is 7. The van der Waals surface area contributed by atoms with E-state index in [9.17, 15) is 9.59 Å². The largest absolute Gasteiger partial charge is 0.481 e. The molecule has 1 amide bonds. The molecule has 0 spiro atoms. The van der Waals surface area contributed by atoms with Crippen LogP contribution in [0, 0.1) is 17.3 Å². The summed E-state index contributed by atoms with van der Waals surface area (Å²) in [7, 11) is 0. The van der Waals surface area contributed by atoms with Crippen molar-refractivity contribution in [2.24, 2.45) is 17.3 Å². The zero-order valence-electron chi connectivity index (χ0n) is 11.9. The number of hydrogen-bond acceptors (Lipinski definition) is 3. The van der Waals surface area contributed by atoms with Crippen LogP contribution in [0.15, 0.2) is 18.7 Å². The minimum absolute atomic E-state index is 0.134. The van der Waals surface area contributed by atoms with E-state index in [-0.39, 0.29) is 5.91 Å². The van der Waals surface area contributed by atoms with Crippen molar-refractivity contribution in [3.63, 3.8) is 0 Å². The van der Waals surface area contributed by atoms with Gasteiger partial charge in [-0.1, -0.05) is 13.8 Å². The molecule has 0 radical (unpaired) electrons. The number of aryl methyl sites for hydroxylation is 1. The summed E-state index contributed by atoms with van der Waals surface area (Å²) in [4.78, 5) is 26.9. The predicted octanol–water partition coefficient (Wildman–Crippen LogP) is 1.14. The third-order valence-electron chi connectivity index (χ3n) is 4.08. The summed E-state index contributed by atoms with van der Waals surface area (Å²) in [5, 5.41) is 11.9. The summed E-state index contributed by atoms with van der Waals surface area (Å²) in [5.74, 6) is -1.96. The second-order valence-corrected chi connectivity index (χ2v) is 5.91. The lowest BCUT2D eigenvalue weighted by Crippen LogP contribution is -2.28. The Morgan fingerprint density at radius 2 is 2.10 bits per heavy atom. The fourth-order valence-corrected chi connectivity index (χ4v) is 2.75. The van der Waals surface area contributed by atoms with Crippen molar-refractivity contribution in [1.82, 2.24) is 14.9 Å². The molecule has 20 heavy (non-hydrogen) atoms. The van der Waals surface area contributed by atoms with Gasteiger partial charge in [-0.15, -0.1) is 0 Å². The number of nitrogens with one attached hydrogen (secondary N) is 1. The van der Waals surface area contributed by atoms with E-state index in [1.807, 2.05) is 24.6 Å². The molecule has 110 valence electrons. The first-order valence-corrected chi connectivity index (χ1v) is 6.91. The third-order valence-corrected chi connectivity index (χ3v) is 4.08. The molecule has 6 heteroatoms. The summed E-state index contributed by atoms with van der Waals surface area (Å²) in [6.45, 7) is 5.12. The van der Waals surface area contributed by atoms with Gasteiger partial charge in [0.25, 0.3) is 0 Å². The molecular weight excluding hydrogens is 258 g/mol. The quantitative estimate of drug-likeness (QED) is 0.733. The lowest BCUT2D eigenvalue weighted by molar-refractivity contribution is -0.140. The van der Waals surface area contributed by atoms with Gasteiger partial charge in [-0.2, -0.15) is 0 Å². The van der Waals surface area contributed by atoms with Crippen LogP contribution >= 0.6 is 0 Å². The summed E-state index contributed by atoms with van der Waals surface area (Å²) < 4.78 is 1.99. The molecule has 0 aliphatic heterocycles. The minimum atomic E-state index is -0.879. The van der Waals surface area contributed by atoms with Crippen molar-refractivity contribution in [1.29, 1.82) is 0 Å². The van der Waals surface area contributed by atoms with Crippen LogP contribution in [0.5, 0.6) is 0 Å². The Bertz CT molecular complexity index is 482. The first-order valence-electron chi connectivity index (χ1n) is 6.91. The molecule has 2 N–H and O–H groups in total. The maximum Gasteiger partial charge on any atom is 0.307 e. The van der Waals surface area contributed by atoms with Gasteiger partial charge in [-0.3, -0.25) is 9.59 Å². The number of hydrogen-bond donors (Lipinski definition) is 2. The van der Waals surface area contributed by atoms with E-state index in [1.165, 1.54) is 0 Å².